The molecule has 0 N–H and O–H groups in total. The summed E-state index contributed by atoms with van der Waals surface area (Å²) in [5.74, 6) is -0.0382. The van der Waals surface area contributed by atoms with Gasteiger partial charge in [-0.1, -0.05) is 12.2 Å². The predicted octanol–water partition coefficient (Wildman–Crippen LogP) is 3.75. The minimum atomic E-state index is -4.56. The van der Waals surface area contributed by atoms with Crippen LogP contribution >= 0.6 is 11.6 Å². The van der Waals surface area contributed by atoms with Gasteiger partial charge < -0.3 is 4.74 Å². The molecule has 0 saturated carbocycles. The van der Waals surface area contributed by atoms with Crippen molar-refractivity contribution in [2.75, 3.05) is 12.5 Å². The van der Waals surface area contributed by atoms with E-state index in [-0.39, 0.29) is 23.8 Å². The Balaban J connectivity index is 2.97. The van der Waals surface area contributed by atoms with Crippen molar-refractivity contribution in [3.63, 3.8) is 0 Å². The molecule has 0 saturated heterocycles. The fourth-order valence-corrected chi connectivity index (χ4v) is 1.34. The Morgan fingerprint density at radius 3 is 2.61 bits per heavy atom. The molecule has 6 heteroatoms. The summed E-state index contributed by atoms with van der Waals surface area (Å²) in [4.78, 5) is 0. The van der Waals surface area contributed by atoms with Crippen LogP contribution in [0.5, 0.6) is 5.75 Å². The van der Waals surface area contributed by atoms with Gasteiger partial charge in [-0.15, -0.1) is 11.6 Å². The Bertz CT molecular complexity index is 477. The second-order valence-corrected chi connectivity index (χ2v) is 3.57. The molecule has 0 aromatic heterocycles. The van der Waals surface area contributed by atoms with Crippen molar-refractivity contribution in [3.8, 4) is 11.8 Å². The summed E-state index contributed by atoms with van der Waals surface area (Å²) in [6, 6.07) is 4.83. The maximum Gasteiger partial charge on any atom is 0.420 e. The third-order valence-corrected chi connectivity index (χ3v) is 2.18. The van der Waals surface area contributed by atoms with Crippen molar-refractivity contribution < 1.29 is 17.9 Å². The highest BCUT2D eigenvalue weighted by Crippen LogP contribution is 2.36. The fourth-order valence-electron chi connectivity index (χ4n) is 1.22. The van der Waals surface area contributed by atoms with Crippen LogP contribution in [0, 0.1) is 11.3 Å². The highest BCUT2D eigenvalue weighted by Gasteiger charge is 2.34. The average Bonchev–Trinajstić information content (AvgIpc) is 2.33. The number of hydrogen-bond acceptors (Lipinski definition) is 2. The first-order valence-corrected chi connectivity index (χ1v) is 5.47. The minimum absolute atomic E-state index is 0.0122. The van der Waals surface area contributed by atoms with Crippen LogP contribution in [0.3, 0.4) is 0 Å². The number of benzene rings is 1. The van der Waals surface area contributed by atoms with Gasteiger partial charge in [-0.05, 0) is 18.2 Å². The zero-order valence-corrected chi connectivity index (χ0v) is 9.92. The normalized spacial score (nSPS) is 11.5. The van der Waals surface area contributed by atoms with Gasteiger partial charge in [0, 0.05) is 5.88 Å². The highest BCUT2D eigenvalue weighted by molar-refractivity contribution is 6.18. The van der Waals surface area contributed by atoms with Crippen LogP contribution in [-0.2, 0) is 6.18 Å². The monoisotopic (exact) mass is 275 g/mol. The fraction of sp³-hybridized carbons (Fsp3) is 0.250. The zero-order chi connectivity index (χ0) is 13.6. The Hall–Kier alpha value is -1.67. The molecular weight excluding hydrogens is 267 g/mol. The van der Waals surface area contributed by atoms with Crippen LogP contribution in [0.4, 0.5) is 13.2 Å². The standard InChI is InChI=1S/C12H9ClF3NO/c13-5-1-2-6-18-11-4-3-9(8-17)7-10(11)12(14,15)16/h1-4,7H,5-6H2/b2-1+. The molecule has 0 unspecified atom stereocenters. The molecular formula is C12H9ClF3NO. The molecule has 1 rings (SSSR count). The van der Waals surface area contributed by atoms with Crippen LogP contribution < -0.4 is 4.74 Å². The van der Waals surface area contributed by atoms with E-state index >= 15 is 0 Å². The van der Waals surface area contributed by atoms with E-state index in [0.717, 1.165) is 12.1 Å². The van der Waals surface area contributed by atoms with E-state index in [9.17, 15) is 13.2 Å². The lowest BCUT2D eigenvalue weighted by atomic mass is 10.1. The van der Waals surface area contributed by atoms with Crippen molar-refractivity contribution in [1.82, 2.24) is 0 Å². The molecule has 0 atom stereocenters. The molecule has 0 amide bonds. The molecule has 0 aliphatic rings. The Labute approximate surface area is 107 Å². The first-order valence-electron chi connectivity index (χ1n) is 4.94. The number of halogens is 4. The lowest BCUT2D eigenvalue weighted by Gasteiger charge is -2.13. The maximum atomic E-state index is 12.7. The van der Waals surface area contributed by atoms with Gasteiger partial charge in [0.15, 0.2) is 0 Å². The van der Waals surface area contributed by atoms with Gasteiger partial charge >= 0.3 is 6.18 Å². The van der Waals surface area contributed by atoms with Gasteiger partial charge in [-0.3, -0.25) is 0 Å². The number of hydrogen-bond donors (Lipinski definition) is 0. The summed E-state index contributed by atoms with van der Waals surface area (Å²) in [6.45, 7) is -0.0122. The summed E-state index contributed by atoms with van der Waals surface area (Å²) in [6.07, 6.45) is -1.47. The summed E-state index contributed by atoms with van der Waals surface area (Å²) in [5, 5.41) is 8.58. The molecule has 0 heterocycles. The van der Waals surface area contributed by atoms with Crippen molar-refractivity contribution in [2.45, 2.75) is 6.18 Å². The van der Waals surface area contributed by atoms with E-state index in [1.54, 1.807) is 12.1 Å². The molecule has 0 bridgehead atoms. The smallest absolute Gasteiger partial charge is 0.420 e. The van der Waals surface area contributed by atoms with E-state index in [0.29, 0.717) is 0 Å². The van der Waals surface area contributed by atoms with Gasteiger partial charge in [0.2, 0.25) is 0 Å². The summed E-state index contributed by atoms with van der Waals surface area (Å²) in [5.41, 5.74) is -1.02. The van der Waals surface area contributed by atoms with Crippen LogP contribution in [0.1, 0.15) is 11.1 Å². The number of ether oxygens (including phenoxy) is 1. The molecule has 0 fully saturated rings. The van der Waals surface area contributed by atoms with Crippen LogP contribution in [-0.4, -0.2) is 12.5 Å². The average molecular weight is 276 g/mol. The predicted molar refractivity (Wildman–Crippen MR) is 61.5 cm³/mol. The zero-order valence-electron chi connectivity index (χ0n) is 9.17. The SMILES string of the molecule is N#Cc1ccc(OC/C=C/CCl)c(C(F)(F)F)c1. The first-order chi connectivity index (χ1) is 8.49. The van der Waals surface area contributed by atoms with Crippen molar-refractivity contribution >= 4 is 11.6 Å². The summed E-state index contributed by atoms with van der Waals surface area (Å²) in [7, 11) is 0. The molecule has 18 heavy (non-hydrogen) atoms. The van der Waals surface area contributed by atoms with Gasteiger partial charge in [0.05, 0.1) is 17.2 Å². The van der Waals surface area contributed by atoms with E-state index in [2.05, 4.69) is 0 Å². The van der Waals surface area contributed by atoms with Crippen molar-refractivity contribution in [1.29, 1.82) is 5.26 Å². The maximum absolute atomic E-state index is 12.7. The van der Waals surface area contributed by atoms with E-state index < -0.39 is 11.7 Å². The van der Waals surface area contributed by atoms with Gasteiger partial charge in [0.1, 0.15) is 12.4 Å². The van der Waals surface area contributed by atoms with Gasteiger partial charge in [0.25, 0.3) is 0 Å². The molecule has 2 nitrogen and oxygen atoms in total. The molecule has 0 radical (unpaired) electrons. The second kappa shape index (κ2) is 6.31. The van der Waals surface area contributed by atoms with Gasteiger partial charge in [-0.2, -0.15) is 18.4 Å². The Morgan fingerprint density at radius 2 is 2.06 bits per heavy atom. The van der Waals surface area contributed by atoms with Crippen LogP contribution in [0.25, 0.3) is 0 Å². The first kappa shape index (κ1) is 14.4. The van der Waals surface area contributed by atoms with E-state index in [1.807, 2.05) is 0 Å². The molecule has 1 aromatic rings. The number of alkyl halides is 4. The lowest BCUT2D eigenvalue weighted by Crippen LogP contribution is -2.09. The second-order valence-electron chi connectivity index (χ2n) is 3.26. The minimum Gasteiger partial charge on any atom is -0.489 e. The summed E-state index contributed by atoms with van der Waals surface area (Å²) >= 11 is 5.37. The summed E-state index contributed by atoms with van der Waals surface area (Å²) < 4.78 is 43.1. The topological polar surface area (TPSA) is 33.0 Å². The molecule has 96 valence electrons. The Morgan fingerprint density at radius 1 is 1.33 bits per heavy atom. The van der Waals surface area contributed by atoms with Crippen LogP contribution in [0.15, 0.2) is 30.4 Å². The van der Waals surface area contributed by atoms with Gasteiger partial charge in [-0.25, -0.2) is 0 Å². The van der Waals surface area contributed by atoms with E-state index in [1.165, 1.54) is 12.1 Å². The number of nitriles is 1. The number of rotatable bonds is 4. The highest BCUT2D eigenvalue weighted by atomic mass is 35.5. The van der Waals surface area contributed by atoms with Crippen molar-refractivity contribution in [2.24, 2.45) is 0 Å². The Kier molecular flexibility index (Phi) is 5.05. The number of nitrogens with zero attached hydrogens (tertiary/aromatic N) is 1. The molecule has 0 aliphatic carbocycles. The lowest BCUT2D eigenvalue weighted by molar-refractivity contribution is -0.138. The quantitative estimate of drug-likeness (QED) is 0.619. The van der Waals surface area contributed by atoms with E-state index in [4.69, 9.17) is 21.6 Å². The molecule has 0 spiro atoms. The molecule has 1 aromatic carbocycles. The van der Waals surface area contributed by atoms with Crippen molar-refractivity contribution in [3.05, 3.63) is 41.5 Å². The largest absolute Gasteiger partial charge is 0.489 e. The van der Waals surface area contributed by atoms with Crippen LogP contribution in [0.2, 0.25) is 0 Å². The number of allylic oxidation sites excluding steroid dienone is 1. The third kappa shape index (κ3) is 3.97. The third-order valence-electron chi connectivity index (χ3n) is 2.00. The molecule has 0 aliphatic heterocycles.